The van der Waals surface area contributed by atoms with Crippen LogP contribution in [0.25, 0.3) is 0 Å². The zero-order valence-corrected chi connectivity index (χ0v) is 3.97. The molecule has 1 atom stereocenters. The summed E-state index contributed by atoms with van der Waals surface area (Å²) >= 11 is 0. The number of ether oxygens (including phenoxy) is 1. The van der Waals surface area contributed by atoms with Crippen molar-refractivity contribution in [2.24, 2.45) is 0 Å². The highest BCUT2D eigenvalue weighted by Crippen LogP contribution is 1.75. The van der Waals surface area contributed by atoms with Crippen molar-refractivity contribution in [2.75, 3.05) is 7.11 Å². The normalized spacial score (nSPS) is 13.7. The Hall–Kier alpha value is -0.370. The smallest absolute Gasteiger partial charge is 0.148 e. The second-order valence-electron chi connectivity index (χ2n) is 1.08. The van der Waals surface area contributed by atoms with Crippen LogP contribution in [0.1, 0.15) is 6.92 Å². The molecular formula is C4H8O2. The highest BCUT2D eigenvalue weighted by Gasteiger charge is 1.88. The van der Waals surface area contributed by atoms with E-state index in [-0.39, 0.29) is 6.10 Å². The molecule has 0 amide bonds. The third kappa shape index (κ3) is 1.91. The van der Waals surface area contributed by atoms with E-state index in [4.69, 9.17) is 0 Å². The third-order valence-electron chi connectivity index (χ3n) is 0.563. The molecule has 0 aliphatic rings. The van der Waals surface area contributed by atoms with E-state index in [2.05, 4.69) is 4.74 Å². The molecule has 2 heteroatoms. The van der Waals surface area contributed by atoms with E-state index in [1.807, 2.05) is 0 Å². The molecule has 0 unspecified atom stereocenters. The lowest BCUT2D eigenvalue weighted by molar-refractivity contribution is -0.115. The van der Waals surface area contributed by atoms with Crippen LogP contribution in [0.2, 0.25) is 0 Å². The van der Waals surface area contributed by atoms with E-state index in [0.29, 0.717) is 0 Å². The Bertz CT molecular complexity index is 42.8. The van der Waals surface area contributed by atoms with Crippen molar-refractivity contribution in [3.05, 3.63) is 0 Å². The molecule has 0 bridgehead atoms. The molecule has 0 saturated carbocycles. The summed E-state index contributed by atoms with van der Waals surface area (Å²) in [7, 11) is 1.50. The molecule has 0 aromatic rings. The van der Waals surface area contributed by atoms with Gasteiger partial charge in [-0.05, 0) is 6.92 Å². The van der Waals surface area contributed by atoms with Gasteiger partial charge in [0.2, 0.25) is 0 Å². The topological polar surface area (TPSA) is 26.3 Å². The molecule has 0 fully saturated rings. The number of rotatable bonds is 2. The van der Waals surface area contributed by atoms with Crippen molar-refractivity contribution in [1.82, 2.24) is 0 Å². The molecule has 0 aromatic carbocycles. The van der Waals surface area contributed by atoms with Gasteiger partial charge in [-0.3, -0.25) is 0 Å². The van der Waals surface area contributed by atoms with Crippen LogP contribution in [-0.2, 0) is 9.53 Å². The summed E-state index contributed by atoms with van der Waals surface area (Å²) in [5.41, 5.74) is 0. The zero-order valence-electron chi connectivity index (χ0n) is 3.97. The predicted molar refractivity (Wildman–Crippen MR) is 22.5 cm³/mol. The average molecular weight is 88.1 g/mol. The maximum absolute atomic E-state index is 9.61. The van der Waals surface area contributed by atoms with Crippen LogP contribution in [-0.4, -0.2) is 19.5 Å². The molecular weight excluding hydrogens is 80.0 g/mol. The van der Waals surface area contributed by atoms with Gasteiger partial charge < -0.3 is 9.53 Å². The number of aldehydes is 1. The van der Waals surface area contributed by atoms with Crippen molar-refractivity contribution in [3.8, 4) is 0 Å². The summed E-state index contributed by atoms with van der Waals surface area (Å²) < 4.78 is 4.53. The molecule has 0 radical (unpaired) electrons. The van der Waals surface area contributed by atoms with Crippen LogP contribution >= 0.6 is 0 Å². The summed E-state index contributed by atoms with van der Waals surface area (Å²) in [5, 5.41) is 0. The molecule has 0 aromatic heterocycles. The highest BCUT2D eigenvalue weighted by atomic mass is 16.5. The Morgan fingerprint density at radius 2 is 2.33 bits per heavy atom. The SMILES string of the molecule is CO[C@@H](C)C=O. The zero-order chi connectivity index (χ0) is 4.99. The first-order chi connectivity index (χ1) is 2.81. The van der Waals surface area contributed by atoms with Crippen molar-refractivity contribution in [1.29, 1.82) is 0 Å². The van der Waals surface area contributed by atoms with Crippen molar-refractivity contribution >= 4 is 6.29 Å². The van der Waals surface area contributed by atoms with Gasteiger partial charge in [-0.15, -0.1) is 0 Å². The van der Waals surface area contributed by atoms with E-state index in [1.165, 1.54) is 7.11 Å². The van der Waals surface area contributed by atoms with Crippen molar-refractivity contribution in [2.45, 2.75) is 13.0 Å². The molecule has 0 rings (SSSR count). The number of hydrogen-bond donors (Lipinski definition) is 0. The van der Waals surface area contributed by atoms with Gasteiger partial charge in [-0.25, -0.2) is 0 Å². The quantitative estimate of drug-likeness (QED) is 0.451. The number of carbonyl (C=O) groups is 1. The van der Waals surface area contributed by atoms with Gasteiger partial charge in [-0.1, -0.05) is 0 Å². The minimum Gasteiger partial charge on any atom is -0.374 e. The first kappa shape index (κ1) is 5.63. The number of carbonyl (C=O) groups excluding carboxylic acids is 1. The Labute approximate surface area is 37.1 Å². The van der Waals surface area contributed by atoms with Gasteiger partial charge in [0.25, 0.3) is 0 Å². The second-order valence-corrected chi connectivity index (χ2v) is 1.08. The van der Waals surface area contributed by atoms with Crippen LogP contribution < -0.4 is 0 Å². The monoisotopic (exact) mass is 88.1 g/mol. The van der Waals surface area contributed by atoms with Gasteiger partial charge in [-0.2, -0.15) is 0 Å². The van der Waals surface area contributed by atoms with Crippen LogP contribution in [0, 0.1) is 0 Å². The van der Waals surface area contributed by atoms with Gasteiger partial charge in [0.15, 0.2) is 0 Å². The van der Waals surface area contributed by atoms with Gasteiger partial charge in [0.1, 0.15) is 12.4 Å². The predicted octanol–water partition coefficient (Wildman–Crippen LogP) is 0.220. The minimum absolute atomic E-state index is 0.245. The van der Waals surface area contributed by atoms with Crippen molar-refractivity contribution < 1.29 is 9.53 Å². The molecule has 0 aliphatic heterocycles. The number of methoxy groups -OCH3 is 1. The molecule has 0 N–H and O–H groups in total. The molecule has 2 nitrogen and oxygen atoms in total. The average Bonchev–Trinajstić information content (AvgIpc) is 1.65. The molecule has 36 valence electrons. The summed E-state index contributed by atoms with van der Waals surface area (Å²) in [5.74, 6) is 0. The molecule has 6 heavy (non-hydrogen) atoms. The van der Waals surface area contributed by atoms with Crippen LogP contribution in [0.3, 0.4) is 0 Å². The lowest BCUT2D eigenvalue weighted by atomic mass is 10.5. The van der Waals surface area contributed by atoms with Gasteiger partial charge >= 0.3 is 0 Å². The van der Waals surface area contributed by atoms with Gasteiger partial charge in [0.05, 0.1) is 0 Å². The fourth-order valence-corrected chi connectivity index (χ4v) is 0.0556. The number of hydrogen-bond acceptors (Lipinski definition) is 2. The summed E-state index contributed by atoms with van der Waals surface area (Å²) in [6.07, 6.45) is 0.505. The Morgan fingerprint density at radius 1 is 1.83 bits per heavy atom. The van der Waals surface area contributed by atoms with Crippen molar-refractivity contribution in [3.63, 3.8) is 0 Å². The lowest BCUT2D eigenvalue weighted by Crippen LogP contribution is -2.04. The largest absolute Gasteiger partial charge is 0.374 e. The summed E-state index contributed by atoms with van der Waals surface area (Å²) in [6, 6.07) is 0. The molecule has 0 spiro atoms. The van der Waals surface area contributed by atoms with E-state index in [0.717, 1.165) is 6.29 Å². The maximum atomic E-state index is 9.61. The highest BCUT2D eigenvalue weighted by molar-refractivity contribution is 5.54. The second kappa shape index (κ2) is 2.85. The minimum atomic E-state index is -0.245. The Balaban J connectivity index is 2.96. The first-order valence-electron chi connectivity index (χ1n) is 1.79. The third-order valence-corrected chi connectivity index (χ3v) is 0.563. The summed E-state index contributed by atoms with van der Waals surface area (Å²) in [6.45, 7) is 1.69. The standard InChI is InChI=1S/C4H8O2/c1-4(3-5)6-2/h3-4H,1-2H3/t4-/m0/s1. The summed E-state index contributed by atoms with van der Waals surface area (Å²) in [4.78, 5) is 9.61. The first-order valence-corrected chi connectivity index (χ1v) is 1.79. The Morgan fingerprint density at radius 3 is 2.33 bits per heavy atom. The fraction of sp³-hybridized carbons (Fsp3) is 0.750. The van der Waals surface area contributed by atoms with E-state index >= 15 is 0 Å². The van der Waals surface area contributed by atoms with Crippen LogP contribution in [0.4, 0.5) is 0 Å². The van der Waals surface area contributed by atoms with Crippen LogP contribution in [0.15, 0.2) is 0 Å². The van der Waals surface area contributed by atoms with Gasteiger partial charge in [0, 0.05) is 7.11 Å². The lowest BCUT2D eigenvalue weighted by Gasteiger charge is -1.93. The maximum Gasteiger partial charge on any atom is 0.148 e. The van der Waals surface area contributed by atoms with Crippen LogP contribution in [0.5, 0.6) is 0 Å². The molecule has 0 heterocycles. The van der Waals surface area contributed by atoms with E-state index in [9.17, 15) is 4.79 Å². The Kier molecular flexibility index (Phi) is 2.67. The van der Waals surface area contributed by atoms with E-state index < -0.39 is 0 Å². The van der Waals surface area contributed by atoms with E-state index in [1.54, 1.807) is 6.92 Å². The fourth-order valence-electron chi connectivity index (χ4n) is 0.0556. The molecule has 0 aliphatic carbocycles. The molecule has 0 saturated heterocycles.